The molecule has 1 saturated heterocycles. The Morgan fingerprint density at radius 3 is 2.36 bits per heavy atom. The molecule has 9 atom stereocenters. The summed E-state index contributed by atoms with van der Waals surface area (Å²) in [4.78, 5) is 13.3. The first-order chi connectivity index (χ1) is 15.2. The molecule has 6 rings (SSSR count). The van der Waals surface area contributed by atoms with Crippen molar-refractivity contribution in [3.63, 3.8) is 0 Å². The summed E-state index contributed by atoms with van der Waals surface area (Å²) in [6.45, 7) is 17.1. The molecule has 5 fully saturated rings. The van der Waals surface area contributed by atoms with E-state index in [0.29, 0.717) is 17.8 Å². The summed E-state index contributed by atoms with van der Waals surface area (Å²) in [6, 6.07) is 0. The first-order valence-corrected chi connectivity index (χ1v) is 13.8. The van der Waals surface area contributed by atoms with Crippen LogP contribution in [0, 0.1) is 50.2 Å². The lowest BCUT2D eigenvalue weighted by Crippen LogP contribution is -2.64. The highest BCUT2D eigenvalue weighted by atomic mass is 16.6. The topological polar surface area (TPSA) is 46.5 Å². The van der Waals surface area contributed by atoms with Gasteiger partial charge in [-0.1, -0.05) is 60.1 Å². The van der Waals surface area contributed by atoms with E-state index in [1.807, 2.05) is 0 Å². The molecule has 0 aromatic heterocycles. The number of ether oxygens (including phenoxy) is 1. The zero-order chi connectivity index (χ0) is 23.8. The number of allylic oxidation sites excluding steroid dienone is 2. The highest BCUT2D eigenvalue weighted by Crippen LogP contribution is 2.76. The standard InChI is InChI=1S/C30H46O3/c1-25(2)16-19-18-8-9-21-27(5)12-11-22(31)26(3,4)20(27)10-13-29(21,7)28(18,6)14-15-30(19)17-23(25)33-24(30)32/h8,19-23,31H,9-17H2,1-7H3. The second-order valence-corrected chi connectivity index (χ2v) is 15.2. The quantitative estimate of drug-likeness (QED) is 0.328. The molecule has 0 aromatic carbocycles. The van der Waals surface area contributed by atoms with Gasteiger partial charge in [0.1, 0.15) is 6.10 Å². The van der Waals surface area contributed by atoms with Gasteiger partial charge in [-0.2, -0.15) is 0 Å². The van der Waals surface area contributed by atoms with Crippen LogP contribution in [0.5, 0.6) is 0 Å². The van der Waals surface area contributed by atoms with E-state index in [2.05, 4.69) is 54.5 Å². The zero-order valence-electron chi connectivity index (χ0n) is 22.1. The van der Waals surface area contributed by atoms with Gasteiger partial charge in [0.05, 0.1) is 11.5 Å². The van der Waals surface area contributed by atoms with Crippen LogP contribution in [0.1, 0.15) is 106 Å². The number of carbonyl (C=O) groups excluding carboxylic acids is 1. The molecule has 1 aliphatic heterocycles. The minimum absolute atomic E-state index is 0.00807. The van der Waals surface area contributed by atoms with Crippen LogP contribution in [0.25, 0.3) is 0 Å². The Hall–Kier alpha value is -0.830. The minimum Gasteiger partial charge on any atom is -0.461 e. The molecule has 6 aliphatic rings. The molecule has 3 nitrogen and oxygen atoms in total. The Kier molecular flexibility index (Phi) is 4.31. The maximum Gasteiger partial charge on any atom is 0.313 e. The molecule has 33 heavy (non-hydrogen) atoms. The molecular weight excluding hydrogens is 408 g/mol. The zero-order valence-corrected chi connectivity index (χ0v) is 22.1. The van der Waals surface area contributed by atoms with E-state index >= 15 is 0 Å². The third-order valence-electron chi connectivity index (χ3n) is 13.4. The lowest BCUT2D eigenvalue weighted by molar-refractivity contribution is -0.202. The number of esters is 1. The Labute approximate surface area is 201 Å². The fourth-order valence-electron chi connectivity index (χ4n) is 11.0. The van der Waals surface area contributed by atoms with E-state index in [9.17, 15) is 9.90 Å². The predicted molar refractivity (Wildman–Crippen MR) is 130 cm³/mol. The third-order valence-corrected chi connectivity index (χ3v) is 13.4. The van der Waals surface area contributed by atoms with Gasteiger partial charge in [-0.25, -0.2) is 0 Å². The van der Waals surface area contributed by atoms with Crippen molar-refractivity contribution in [2.24, 2.45) is 50.2 Å². The van der Waals surface area contributed by atoms with Crippen LogP contribution in [0.15, 0.2) is 11.6 Å². The van der Waals surface area contributed by atoms with Crippen LogP contribution >= 0.6 is 0 Å². The summed E-state index contributed by atoms with van der Waals surface area (Å²) in [5, 5.41) is 10.9. The number of aliphatic hydroxyl groups excluding tert-OH is 1. The molecule has 0 radical (unpaired) electrons. The molecule has 5 aliphatic carbocycles. The van der Waals surface area contributed by atoms with Gasteiger partial charge < -0.3 is 9.84 Å². The molecule has 1 heterocycles. The minimum atomic E-state index is -0.257. The van der Waals surface area contributed by atoms with Gasteiger partial charge in [0.15, 0.2) is 0 Å². The average molecular weight is 455 g/mol. The Balaban J connectivity index is 1.44. The number of hydrogen-bond acceptors (Lipinski definition) is 3. The van der Waals surface area contributed by atoms with E-state index in [-0.39, 0.29) is 50.7 Å². The summed E-state index contributed by atoms with van der Waals surface area (Å²) < 4.78 is 6.03. The van der Waals surface area contributed by atoms with Crippen molar-refractivity contribution >= 4 is 5.97 Å². The molecule has 0 amide bonds. The normalized spacial score (nSPS) is 55.9. The molecule has 9 unspecified atom stereocenters. The van der Waals surface area contributed by atoms with Gasteiger partial charge in [0.2, 0.25) is 0 Å². The summed E-state index contributed by atoms with van der Waals surface area (Å²) in [6.07, 6.45) is 12.4. The molecule has 1 spiro atoms. The fourth-order valence-corrected chi connectivity index (χ4v) is 11.0. The molecule has 1 N–H and O–H groups in total. The summed E-state index contributed by atoms with van der Waals surface area (Å²) >= 11 is 0. The monoisotopic (exact) mass is 454 g/mol. The lowest BCUT2D eigenvalue weighted by atomic mass is 9.33. The van der Waals surface area contributed by atoms with Crippen molar-refractivity contribution in [3.8, 4) is 0 Å². The van der Waals surface area contributed by atoms with Gasteiger partial charge in [0, 0.05) is 11.8 Å². The van der Waals surface area contributed by atoms with Gasteiger partial charge in [-0.3, -0.25) is 4.79 Å². The van der Waals surface area contributed by atoms with E-state index in [1.165, 1.54) is 12.8 Å². The van der Waals surface area contributed by atoms with E-state index in [0.717, 1.165) is 44.9 Å². The van der Waals surface area contributed by atoms with Crippen molar-refractivity contribution in [2.75, 3.05) is 0 Å². The van der Waals surface area contributed by atoms with Gasteiger partial charge in [-0.15, -0.1) is 0 Å². The highest BCUT2D eigenvalue weighted by Gasteiger charge is 2.71. The van der Waals surface area contributed by atoms with Crippen LogP contribution in [0.4, 0.5) is 0 Å². The second-order valence-electron chi connectivity index (χ2n) is 15.2. The van der Waals surface area contributed by atoms with Gasteiger partial charge in [0.25, 0.3) is 0 Å². The number of fused-ring (bicyclic) bond motifs is 7. The molecule has 184 valence electrons. The molecule has 2 bridgehead atoms. The Morgan fingerprint density at radius 1 is 0.909 bits per heavy atom. The van der Waals surface area contributed by atoms with Crippen LogP contribution in [-0.2, 0) is 9.53 Å². The average Bonchev–Trinajstić information content (AvgIpc) is 3.03. The van der Waals surface area contributed by atoms with Crippen molar-refractivity contribution in [3.05, 3.63) is 11.6 Å². The van der Waals surface area contributed by atoms with Gasteiger partial charge >= 0.3 is 5.97 Å². The van der Waals surface area contributed by atoms with E-state index in [1.54, 1.807) is 5.57 Å². The number of rotatable bonds is 0. The maximum atomic E-state index is 13.3. The molecule has 4 saturated carbocycles. The Morgan fingerprint density at radius 2 is 1.64 bits per heavy atom. The molecule has 3 heteroatoms. The number of aliphatic hydroxyl groups is 1. The largest absolute Gasteiger partial charge is 0.461 e. The second kappa shape index (κ2) is 6.29. The van der Waals surface area contributed by atoms with Gasteiger partial charge in [-0.05, 0) is 90.8 Å². The first kappa shape index (κ1) is 22.6. The number of hydrogen-bond donors (Lipinski definition) is 1. The van der Waals surface area contributed by atoms with Crippen molar-refractivity contribution in [1.29, 1.82) is 0 Å². The summed E-state index contributed by atoms with van der Waals surface area (Å²) in [5.74, 6) is 1.69. The van der Waals surface area contributed by atoms with Crippen LogP contribution in [-0.4, -0.2) is 23.3 Å². The maximum absolute atomic E-state index is 13.3. The van der Waals surface area contributed by atoms with E-state index in [4.69, 9.17) is 4.74 Å². The van der Waals surface area contributed by atoms with Crippen LogP contribution in [0.2, 0.25) is 0 Å². The Bertz CT molecular complexity index is 931. The smallest absolute Gasteiger partial charge is 0.313 e. The van der Waals surface area contributed by atoms with Crippen LogP contribution < -0.4 is 0 Å². The summed E-state index contributed by atoms with van der Waals surface area (Å²) in [5.41, 5.74) is 2.11. The third kappa shape index (κ3) is 2.44. The van der Waals surface area contributed by atoms with Crippen LogP contribution in [0.3, 0.4) is 0 Å². The summed E-state index contributed by atoms with van der Waals surface area (Å²) in [7, 11) is 0. The number of carbonyl (C=O) groups is 1. The first-order valence-electron chi connectivity index (χ1n) is 13.8. The van der Waals surface area contributed by atoms with Crippen molar-refractivity contribution < 1.29 is 14.6 Å². The molecular formula is C30H46O3. The van der Waals surface area contributed by atoms with Crippen molar-refractivity contribution in [2.45, 2.75) is 118 Å². The van der Waals surface area contributed by atoms with Crippen molar-refractivity contribution in [1.82, 2.24) is 0 Å². The highest BCUT2D eigenvalue weighted by molar-refractivity contribution is 5.81. The predicted octanol–water partition coefficient (Wildman–Crippen LogP) is 6.68. The fraction of sp³-hybridized carbons (Fsp3) is 0.900. The molecule has 0 aromatic rings. The van der Waals surface area contributed by atoms with E-state index < -0.39 is 0 Å². The SMILES string of the molecule is CC1(C)CC2C3=CCC4C5(C)CCC(O)C(C)(C)C5CCC4(C)C3(C)CCC23CC1OC3=O. The lowest BCUT2D eigenvalue weighted by Gasteiger charge is -2.70.